The Kier molecular flexibility index (Phi) is 5.56. The molecule has 0 saturated heterocycles. The lowest BCUT2D eigenvalue weighted by molar-refractivity contribution is -0.114. The fraction of sp³-hybridized carbons (Fsp3) is 0.312. The van der Waals surface area contributed by atoms with Gasteiger partial charge in [0.25, 0.3) is 0 Å². The minimum absolute atomic E-state index is 0.0513. The first kappa shape index (κ1) is 16.2. The maximum atomic E-state index is 11.1. The highest BCUT2D eigenvalue weighted by Gasteiger charge is 2.13. The van der Waals surface area contributed by atoms with Crippen molar-refractivity contribution >= 4 is 38.9 Å². The number of hydrogen-bond donors (Lipinski definition) is 2. The molecule has 5 heteroatoms. The van der Waals surface area contributed by atoms with Gasteiger partial charge in [-0.3, -0.25) is 4.79 Å². The molecule has 21 heavy (non-hydrogen) atoms. The minimum atomic E-state index is -0.0513. The van der Waals surface area contributed by atoms with Gasteiger partial charge in [-0.15, -0.1) is 11.3 Å². The molecule has 112 valence electrons. The van der Waals surface area contributed by atoms with Gasteiger partial charge in [0.15, 0.2) is 0 Å². The molecule has 1 aromatic carbocycles. The predicted molar refractivity (Wildman–Crippen MR) is 92.7 cm³/mol. The van der Waals surface area contributed by atoms with Gasteiger partial charge in [0.2, 0.25) is 5.91 Å². The third-order valence-electron chi connectivity index (χ3n) is 3.23. The molecule has 3 nitrogen and oxygen atoms in total. The van der Waals surface area contributed by atoms with Crippen molar-refractivity contribution in [3.63, 3.8) is 0 Å². The van der Waals surface area contributed by atoms with E-state index in [9.17, 15) is 4.79 Å². The average molecular weight is 367 g/mol. The standard InChI is InChI=1S/C16H19BrN2OS/c1-10(18-11(2)15-7-8-16(17)21-15)13-5-4-6-14(9-13)19-12(3)20/h4-11,18H,1-3H3,(H,19,20). The smallest absolute Gasteiger partial charge is 0.221 e. The van der Waals surface area contributed by atoms with Gasteiger partial charge in [0.1, 0.15) is 0 Å². The number of amides is 1. The van der Waals surface area contributed by atoms with Gasteiger partial charge in [0, 0.05) is 29.6 Å². The molecule has 2 aromatic rings. The van der Waals surface area contributed by atoms with E-state index in [1.54, 1.807) is 11.3 Å². The number of hydrogen-bond acceptors (Lipinski definition) is 3. The van der Waals surface area contributed by atoms with Crippen molar-refractivity contribution in [2.24, 2.45) is 0 Å². The van der Waals surface area contributed by atoms with E-state index < -0.39 is 0 Å². The van der Waals surface area contributed by atoms with Crippen molar-refractivity contribution in [1.29, 1.82) is 0 Å². The molecule has 0 aliphatic heterocycles. The second kappa shape index (κ2) is 7.20. The van der Waals surface area contributed by atoms with Crippen LogP contribution in [0.1, 0.15) is 43.3 Å². The van der Waals surface area contributed by atoms with E-state index in [0.29, 0.717) is 0 Å². The van der Waals surface area contributed by atoms with Crippen LogP contribution in [-0.4, -0.2) is 5.91 Å². The molecular weight excluding hydrogens is 348 g/mol. The summed E-state index contributed by atoms with van der Waals surface area (Å²) in [6.45, 7) is 5.81. The van der Waals surface area contributed by atoms with Gasteiger partial charge >= 0.3 is 0 Å². The van der Waals surface area contributed by atoms with Crippen LogP contribution in [0.4, 0.5) is 5.69 Å². The molecule has 0 radical (unpaired) electrons. The van der Waals surface area contributed by atoms with Gasteiger partial charge < -0.3 is 10.6 Å². The lowest BCUT2D eigenvalue weighted by Gasteiger charge is -2.20. The topological polar surface area (TPSA) is 41.1 Å². The summed E-state index contributed by atoms with van der Waals surface area (Å²) in [5.41, 5.74) is 1.99. The number of thiophene rings is 1. The monoisotopic (exact) mass is 366 g/mol. The Morgan fingerprint density at radius 1 is 1.19 bits per heavy atom. The number of halogens is 1. The second-order valence-electron chi connectivity index (χ2n) is 5.06. The zero-order valence-electron chi connectivity index (χ0n) is 12.3. The molecule has 0 spiro atoms. The first-order valence-corrected chi connectivity index (χ1v) is 8.45. The van der Waals surface area contributed by atoms with Crippen molar-refractivity contribution in [2.75, 3.05) is 5.32 Å². The molecule has 0 saturated carbocycles. The highest BCUT2D eigenvalue weighted by molar-refractivity contribution is 9.11. The first-order chi connectivity index (χ1) is 9.95. The molecule has 0 fully saturated rings. The van der Waals surface area contributed by atoms with Gasteiger partial charge in [-0.1, -0.05) is 12.1 Å². The summed E-state index contributed by atoms with van der Waals surface area (Å²) in [4.78, 5) is 12.4. The third kappa shape index (κ3) is 4.66. The van der Waals surface area contributed by atoms with E-state index in [1.165, 1.54) is 11.8 Å². The Morgan fingerprint density at radius 3 is 2.57 bits per heavy atom. The zero-order chi connectivity index (χ0) is 15.4. The highest BCUT2D eigenvalue weighted by atomic mass is 79.9. The number of carbonyl (C=O) groups excluding carboxylic acids is 1. The highest BCUT2D eigenvalue weighted by Crippen LogP contribution is 2.29. The van der Waals surface area contributed by atoms with Crippen molar-refractivity contribution in [1.82, 2.24) is 5.32 Å². The Morgan fingerprint density at radius 2 is 1.95 bits per heavy atom. The number of carbonyl (C=O) groups is 1. The fourth-order valence-corrected chi connectivity index (χ4v) is 3.64. The Balaban J connectivity index is 2.05. The van der Waals surface area contributed by atoms with E-state index in [4.69, 9.17) is 0 Å². The van der Waals surface area contributed by atoms with Crippen molar-refractivity contribution in [3.05, 3.63) is 50.6 Å². The zero-order valence-corrected chi connectivity index (χ0v) is 14.7. The fourth-order valence-electron chi connectivity index (χ4n) is 2.20. The maximum Gasteiger partial charge on any atom is 0.221 e. The number of rotatable bonds is 5. The van der Waals surface area contributed by atoms with Gasteiger partial charge in [-0.25, -0.2) is 0 Å². The normalized spacial score (nSPS) is 13.7. The summed E-state index contributed by atoms with van der Waals surface area (Å²) < 4.78 is 1.14. The van der Waals surface area contributed by atoms with Crippen LogP contribution in [0.3, 0.4) is 0 Å². The summed E-state index contributed by atoms with van der Waals surface area (Å²) in [5.74, 6) is -0.0513. The van der Waals surface area contributed by atoms with Crippen LogP contribution in [0.15, 0.2) is 40.2 Å². The Bertz CT molecular complexity index is 626. The molecule has 1 amide bonds. The Labute approximate surface area is 137 Å². The SMILES string of the molecule is CC(=O)Nc1cccc(C(C)NC(C)c2ccc(Br)s2)c1. The molecule has 2 rings (SSSR count). The summed E-state index contributed by atoms with van der Waals surface area (Å²) in [7, 11) is 0. The van der Waals surface area contributed by atoms with Gasteiger partial charge in [0.05, 0.1) is 3.79 Å². The van der Waals surface area contributed by atoms with Crippen LogP contribution < -0.4 is 10.6 Å². The average Bonchev–Trinajstić information content (AvgIpc) is 2.85. The molecular formula is C16H19BrN2OS. The molecule has 1 aromatic heterocycles. The third-order valence-corrected chi connectivity index (χ3v) is 5.03. The largest absolute Gasteiger partial charge is 0.326 e. The van der Waals surface area contributed by atoms with Crippen LogP contribution >= 0.6 is 27.3 Å². The first-order valence-electron chi connectivity index (χ1n) is 6.84. The van der Waals surface area contributed by atoms with Crippen molar-refractivity contribution in [3.8, 4) is 0 Å². The van der Waals surface area contributed by atoms with Crippen LogP contribution in [0, 0.1) is 0 Å². The van der Waals surface area contributed by atoms with E-state index >= 15 is 0 Å². The summed E-state index contributed by atoms with van der Waals surface area (Å²) in [6.07, 6.45) is 0. The number of anilines is 1. The lowest BCUT2D eigenvalue weighted by Crippen LogP contribution is -2.22. The van der Waals surface area contributed by atoms with Crippen LogP contribution in [0.25, 0.3) is 0 Å². The van der Waals surface area contributed by atoms with E-state index in [0.717, 1.165) is 15.0 Å². The summed E-state index contributed by atoms with van der Waals surface area (Å²) in [6, 6.07) is 12.6. The van der Waals surface area contributed by atoms with Crippen LogP contribution in [0.5, 0.6) is 0 Å². The number of nitrogens with one attached hydrogen (secondary N) is 2. The molecule has 2 atom stereocenters. The lowest BCUT2D eigenvalue weighted by atomic mass is 10.1. The predicted octanol–water partition coefficient (Wildman–Crippen LogP) is 4.88. The molecule has 0 aliphatic carbocycles. The quantitative estimate of drug-likeness (QED) is 0.791. The molecule has 2 unspecified atom stereocenters. The maximum absolute atomic E-state index is 11.1. The molecule has 0 aliphatic rings. The number of benzene rings is 1. The minimum Gasteiger partial charge on any atom is -0.326 e. The Hall–Kier alpha value is -1.17. The van der Waals surface area contributed by atoms with Crippen LogP contribution in [-0.2, 0) is 4.79 Å². The van der Waals surface area contributed by atoms with Gasteiger partial charge in [-0.2, -0.15) is 0 Å². The van der Waals surface area contributed by atoms with E-state index in [-0.39, 0.29) is 18.0 Å². The second-order valence-corrected chi connectivity index (χ2v) is 7.55. The summed E-state index contributed by atoms with van der Waals surface area (Å²) >= 11 is 5.24. The molecule has 1 heterocycles. The van der Waals surface area contributed by atoms with Crippen molar-refractivity contribution in [2.45, 2.75) is 32.9 Å². The molecule has 0 bridgehead atoms. The van der Waals surface area contributed by atoms with E-state index in [2.05, 4.69) is 58.6 Å². The molecule has 2 N–H and O–H groups in total. The summed E-state index contributed by atoms with van der Waals surface area (Å²) in [5, 5.41) is 6.40. The van der Waals surface area contributed by atoms with Gasteiger partial charge in [-0.05, 0) is 59.6 Å². The van der Waals surface area contributed by atoms with E-state index in [1.807, 2.05) is 18.2 Å². The van der Waals surface area contributed by atoms with Crippen molar-refractivity contribution < 1.29 is 4.79 Å². The van der Waals surface area contributed by atoms with Crippen LogP contribution in [0.2, 0.25) is 0 Å².